The van der Waals surface area contributed by atoms with Gasteiger partial charge < -0.3 is 15.0 Å². The van der Waals surface area contributed by atoms with E-state index in [1.165, 1.54) is 0 Å². The van der Waals surface area contributed by atoms with Gasteiger partial charge in [0.15, 0.2) is 5.69 Å². The zero-order chi connectivity index (χ0) is 12.8. The molecule has 0 fully saturated rings. The summed E-state index contributed by atoms with van der Waals surface area (Å²) in [7, 11) is 0. The Balaban J connectivity index is 3.00. The minimum atomic E-state index is -0.435. The molecule has 2 N–H and O–H groups in total. The molecule has 96 valence electrons. The summed E-state index contributed by atoms with van der Waals surface area (Å²) in [5.41, 5.74) is 6.20. The maximum atomic E-state index is 11.6. The Hall–Kier alpha value is -1.52. The number of esters is 1. The van der Waals surface area contributed by atoms with E-state index in [9.17, 15) is 4.79 Å². The molecule has 17 heavy (non-hydrogen) atoms. The second-order valence-corrected chi connectivity index (χ2v) is 3.84. The first-order chi connectivity index (χ1) is 8.15. The van der Waals surface area contributed by atoms with Gasteiger partial charge in [-0.1, -0.05) is 20.3 Å². The summed E-state index contributed by atoms with van der Waals surface area (Å²) in [6, 6.07) is 0. The maximum absolute atomic E-state index is 11.6. The van der Waals surface area contributed by atoms with E-state index in [2.05, 4.69) is 11.9 Å². The molecule has 0 amide bonds. The Morgan fingerprint density at radius 1 is 1.41 bits per heavy atom. The number of carbonyl (C=O) groups is 1. The second-order valence-electron chi connectivity index (χ2n) is 3.84. The standard InChI is InChI=1S/C12H21N3O2/c1-4-7-8-15-9(5-2)14-10(11(15)13)12(16)17-6-3/h4-8,13H2,1-3H3. The number of nitrogens with zero attached hydrogens (tertiary/aromatic N) is 2. The van der Waals surface area contributed by atoms with Gasteiger partial charge in [0, 0.05) is 13.0 Å². The van der Waals surface area contributed by atoms with E-state index >= 15 is 0 Å². The summed E-state index contributed by atoms with van der Waals surface area (Å²) >= 11 is 0. The fourth-order valence-electron chi connectivity index (χ4n) is 1.70. The van der Waals surface area contributed by atoms with Crippen molar-refractivity contribution in [2.24, 2.45) is 0 Å². The molecule has 0 aliphatic heterocycles. The highest BCUT2D eigenvalue weighted by Gasteiger charge is 2.20. The summed E-state index contributed by atoms with van der Waals surface area (Å²) in [5.74, 6) is 0.836. The molecular formula is C12H21N3O2. The lowest BCUT2D eigenvalue weighted by atomic mass is 10.3. The Morgan fingerprint density at radius 2 is 2.12 bits per heavy atom. The molecule has 0 saturated carbocycles. The van der Waals surface area contributed by atoms with Crippen LogP contribution in [0.25, 0.3) is 0 Å². The van der Waals surface area contributed by atoms with E-state index < -0.39 is 5.97 Å². The number of ether oxygens (including phenoxy) is 1. The number of aromatic nitrogens is 2. The van der Waals surface area contributed by atoms with Crippen molar-refractivity contribution in [1.82, 2.24) is 9.55 Å². The molecule has 1 rings (SSSR count). The van der Waals surface area contributed by atoms with Gasteiger partial charge in [0.05, 0.1) is 6.61 Å². The number of unbranched alkanes of at least 4 members (excludes halogenated alkanes) is 1. The number of anilines is 1. The van der Waals surface area contributed by atoms with Gasteiger partial charge in [0.25, 0.3) is 0 Å². The first kappa shape index (κ1) is 13.5. The van der Waals surface area contributed by atoms with Crippen molar-refractivity contribution >= 4 is 11.8 Å². The van der Waals surface area contributed by atoms with Crippen LogP contribution >= 0.6 is 0 Å². The number of nitrogens with two attached hydrogens (primary N) is 1. The molecule has 0 radical (unpaired) electrons. The number of carbonyl (C=O) groups excluding carboxylic acids is 1. The predicted octanol–water partition coefficient (Wildman–Crippen LogP) is 2.00. The predicted molar refractivity (Wildman–Crippen MR) is 66.9 cm³/mol. The smallest absolute Gasteiger partial charge is 0.360 e. The molecule has 1 aromatic rings. The fraction of sp³-hybridized carbons (Fsp3) is 0.667. The highest BCUT2D eigenvalue weighted by molar-refractivity contribution is 5.92. The quantitative estimate of drug-likeness (QED) is 0.771. The van der Waals surface area contributed by atoms with Gasteiger partial charge in [-0.15, -0.1) is 0 Å². The Labute approximate surface area is 102 Å². The molecule has 1 heterocycles. The van der Waals surface area contributed by atoms with Crippen LogP contribution in [0.1, 0.15) is 49.9 Å². The third kappa shape index (κ3) is 2.99. The summed E-state index contributed by atoms with van der Waals surface area (Å²) in [6.07, 6.45) is 2.86. The SMILES string of the molecule is CCCCn1c(CC)nc(C(=O)OCC)c1N. The van der Waals surface area contributed by atoms with Crippen LogP contribution in [0.2, 0.25) is 0 Å². The van der Waals surface area contributed by atoms with Crippen molar-refractivity contribution in [2.75, 3.05) is 12.3 Å². The number of aryl methyl sites for hydroxylation is 1. The van der Waals surface area contributed by atoms with Crippen LogP contribution in [0.3, 0.4) is 0 Å². The number of nitrogen functional groups attached to an aromatic ring is 1. The van der Waals surface area contributed by atoms with E-state index in [0.717, 1.165) is 31.6 Å². The molecule has 5 nitrogen and oxygen atoms in total. The number of rotatable bonds is 6. The van der Waals surface area contributed by atoms with E-state index in [4.69, 9.17) is 10.5 Å². The van der Waals surface area contributed by atoms with Crippen LogP contribution in [-0.2, 0) is 17.7 Å². The Bertz CT molecular complexity index is 385. The molecule has 0 aliphatic rings. The van der Waals surface area contributed by atoms with Gasteiger partial charge in [-0.2, -0.15) is 0 Å². The molecule has 0 bridgehead atoms. The van der Waals surface area contributed by atoms with Crippen LogP contribution < -0.4 is 5.73 Å². The number of hydrogen-bond acceptors (Lipinski definition) is 4. The second kappa shape index (κ2) is 6.27. The lowest BCUT2D eigenvalue weighted by Gasteiger charge is -2.07. The summed E-state index contributed by atoms with van der Waals surface area (Å²) in [4.78, 5) is 15.9. The molecule has 5 heteroatoms. The van der Waals surface area contributed by atoms with Gasteiger partial charge >= 0.3 is 5.97 Å². The van der Waals surface area contributed by atoms with Crippen molar-refractivity contribution in [3.05, 3.63) is 11.5 Å². The minimum Gasteiger partial charge on any atom is -0.461 e. The van der Waals surface area contributed by atoms with Gasteiger partial charge in [-0.3, -0.25) is 0 Å². The van der Waals surface area contributed by atoms with Crippen molar-refractivity contribution < 1.29 is 9.53 Å². The van der Waals surface area contributed by atoms with E-state index in [1.807, 2.05) is 11.5 Å². The Morgan fingerprint density at radius 3 is 2.65 bits per heavy atom. The third-order valence-corrected chi connectivity index (χ3v) is 2.61. The monoisotopic (exact) mass is 239 g/mol. The first-order valence-corrected chi connectivity index (χ1v) is 6.17. The third-order valence-electron chi connectivity index (χ3n) is 2.61. The summed E-state index contributed by atoms with van der Waals surface area (Å²) in [6.45, 7) is 7.02. The molecule has 0 saturated heterocycles. The van der Waals surface area contributed by atoms with Crippen molar-refractivity contribution in [3.8, 4) is 0 Å². The molecule has 1 aromatic heterocycles. The highest BCUT2D eigenvalue weighted by Crippen LogP contribution is 2.17. The zero-order valence-electron chi connectivity index (χ0n) is 10.8. The van der Waals surface area contributed by atoms with E-state index in [-0.39, 0.29) is 5.69 Å². The molecule has 0 spiro atoms. The largest absolute Gasteiger partial charge is 0.461 e. The summed E-state index contributed by atoms with van der Waals surface area (Å²) < 4.78 is 6.84. The normalized spacial score (nSPS) is 10.5. The van der Waals surface area contributed by atoms with Crippen LogP contribution in [0.15, 0.2) is 0 Å². The highest BCUT2D eigenvalue weighted by atomic mass is 16.5. The maximum Gasteiger partial charge on any atom is 0.360 e. The lowest BCUT2D eigenvalue weighted by Crippen LogP contribution is -2.10. The van der Waals surface area contributed by atoms with Crippen LogP contribution in [-0.4, -0.2) is 22.1 Å². The molecule has 0 unspecified atom stereocenters. The Kier molecular flexibility index (Phi) is 5.00. The molecular weight excluding hydrogens is 218 g/mol. The topological polar surface area (TPSA) is 70.1 Å². The molecule has 0 aromatic carbocycles. The molecule has 0 atom stereocenters. The van der Waals surface area contributed by atoms with E-state index in [0.29, 0.717) is 12.4 Å². The van der Waals surface area contributed by atoms with E-state index in [1.54, 1.807) is 6.92 Å². The van der Waals surface area contributed by atoms with Crippen molar-refractivity contribution in [2.45, 2.75) is 46.6 Å². The van der Waals surface area contributed by atoms with Crippen LogP contribution in [0, 0.1) is 0 Å². The van der Waals surface area contributed by atoms with Crippen molar-refractivity contribution in [3.63, 3.8) is 0 Å². The van der Waals surface area contributed by atoms with Crippen molar-refractivity contribution in [1.29, 1.82) is 0 Å². The van der Waals surface area contributed by atoms with Crippen LogP contribution in [0.4, 0.5) is 5.82 Å². The van der Waals surface area contributed by atoms with Gasteiger partial charge in [0.1, 0.15) is 11.6 Å². The average molecular weight is 239 g/mol. The van der Waals surface area contributed by atoms with Gasteiger partial charge in [-0.05, 0) is 13.3 Å². The molecule has 0 aliphatic carbocycles. The van der Waals surface area contributed by atoms with Gasteiger partial charge in [0.2, 0.25) is 0 Å². The number of imidazole rings is 1. The zero-order valence-corrected chi connectivity index (χ0v) is 10.8. The minimum absolute atomic E-state index is 0.250. The fourth-order valence-corrected chi connectivity index (χ4v) is 1.70. The first-order valence-electron chi connectivity index (χ1n) is 6.17. The average Bonchev–Trinajstić information content (AvgIpc) is 2.64. The van der Waals surface area contributed by atoms with Crippen LogP contribution in [0.5, 0.6) is 0 Å². The summed E-state index contributed by atoms with van der Waals surface area (Å²) in [5, 5.41) is 0. The number of hydrogen-bond donors (Lipinski definition) is 1. The lowest BCUT2D eigenvalue weighted by molar-refractivity contribution is 0.0521. The van der Waals surface area contributed by atoms with Gasteiger partial charge in [-0.25, -0.2) is 9.78 Å².